The van der Waals surface area contributed by atoms with Crippen molar-refractivity contribution < 1.29 is 9.53 Å². The van der Waals surface area contributed by atoms with Gasteiger partial charge in [-0.25, -0.2) is 9.97 Å². The minimum Gasteiger partial charge on any atom is -0.376 e. The SMILES string of the molecule is O=C(c1cc(-c2ccccc2)nc2ccccc12)N(Cc1nc2ccccc2c(=O)[nH]1)CC1CCCO1. The van der Waals surface area contributed by atoms with E-state index in [1.165, 1.54) is 0 Å². The van der Waals surface area contributed by atoms with Crippen LogP contribution in [0.2, 0.25) is 0 Å². The quantitative estimate of drug-likeness (QED) is 0.364. The van der Waals surface area contributed by atoms with Crippen LogP contribution in [0.5, 0.6) is 0 Å². The van der Waals surface area contributed by atoms with Gasteiger partial charge in [0.1, 0.15) is 5.82 Å². The third-order valence-electron chi connectivity index (χ3n) is 6.75. The fourth-order valence-corrected chi connectivity index (χ4v) is 4.92. The van der Waals surface area contributed by atoms with Crippen molar-refractivity contribution in [2.24, 2.45) is 0 Å². The number of para-hydroxylation sites is 2. The van der Waals surface area contributed by atoms with Gasteiger partial charge in [-0.1, -0.05) is 60.7 Å². The van der Waals surface area contributed by atoms with Crippen molar-refractivity contribution in [3.8, 4) is 11.3 Å². The van der Waals surface area contributed by atoms with Gasteiger partial charge in [-0.05, 0) is 37.1 Å². The second-order valence-electron chi connectivity index (χ2n) is 9.29. The van der Waals surface area contributed by atoms with Crippen LogP contribution in [0.4, 0.5) is 0 Å². The number of rotatable bonds is 6. The molecule has 7 nitrogen and oxygen atoms in total. The van der Waals surface area contributed by atoms with Crippen LogP contribution < -0.4 is 5.56 Å². The van der Waals surface area contributed by atoms with Gasteiger partial charge in [-0.15, -0.1) is 0 Å². The number of aromatic nitrogens is 3. The van der Waals surface area contributed by atoms with Crippen LogP contribution in [0, 0.1) is 0 Å². The molecule has 1 saturated heterocycles. The number of nitrogens with zero attached hydrogens (tertiary/aromatic N) is 3. The summed E-state index contributed by atoms with van der Waals surface area (Å²) in [5, 5.41) is 1.31. The van der Waals surface area contributed by atoms with E-state index in [0.29, 0.717) is 35.4 Å². The van der Waals surface area contributed by atoms with Gasteiger partial charge in [0, 0.05) is 24.1 Å². The van der Waals surface area contributed by atoms with Crippen LogP contribution in [0.15, 0.2) is 89.7 Å². The lowest BCUT2D eigenvalue weighted by Crippen LogP contribution is -2.38. The first-order chi connectivity index (χ1) is 18.2. The monoisotopic (exact) mass is 490 g/mol. The van der Waals surface area contributed by atoms with E-state index in [0.717, 1.165) is 35.0 Å². The molecular formula is C30H26N4O3. The lowest BCUT2D eigenvalue weighted by molar-refractivity contribution is 0.0502. The number of hydrogen-bond donors (Lipinski definition) is 1. The van der Waals surface area contributed by atoms with Gasteiger partial charge < -0.3 is 14.6 Å². The topological polar surface area (TPSA) is 88.2 Å². The Labute approximate surface area is 213 Å². The zero-order chi connectivity index (χ0) is 25.2. The molecule has 3 heterocycles. The smallest absolute Gasteiger partial charge is 0.258 e. The van der Waals surface area contributed by atoms with E-state index in [4.69, 9.17) is 9.72 Å². The van der Waals surface area contributed by atoms with E-state index in [9.17, 15) is 9.59 Å². The first-order valence-corrected chi connectivity index (χ1v) is 12.5. The number of benzene rings is 3. The summed E-state index contributed by atoms with van der Waals surface area (Å²) in [5.74, 6) is 0.291. The highest BCUT2D eigenvalue weighted by molar-refractivity contribution is 6.07. The molecule has 0 radical (unpaired) electrons. The van der Waals surface area contributed by atoms with Crippen molar-refractivity contribution in [3.05, 3.63) is 107 Å². The molecule has 1 fully saturated rings. The number of hydrogen-bond acceptors (Lipinski definition) is 5. The van der Waals surface area contributed by atoms with E-state index >= 15 is 0 Å². The van der Waals surface area contributed by atoms with E-state index < -0.39 is 0 Å². The number of aromatic amines is 1. The molecule has 1 aliphatic rings. The lowest BCUT2D eigenvalue weighted by Gasteiger charge is -2.26. The van der Waals surface area contributed by atoms with Crippen molar-refractivity contribution in [3.63, 3.8) is 0 Å². The molecule has 6 rings (SSSR count). The van der Waals surface area contributed by atoms with Crippen molar-refractivity contribution in [2.75, 3.05) is 13.2 Å². The highest BCUT2D eigenvalue weighted by Crippen LogP contribution is 2.27. The van der Waals surface area contributed by atoms with Crippen LogP contribution in [0.25, 0.3) is 33.1 Å². The molecule has 3 aromatic carbocycles. The van der Waals surface area contributed by atoms with Gasteiger partial charge in [0.2, 0.25) is 0 Å². The predicted molar refractivity (Wildman–Crippen MR) is 143 cm³/mol. The summed E-state index contributed by atoms with van der Waals surface area (Å²) in [4.78, 5) is 41.0. The maximum Gasteiger partial charge on any atom is 0.258 e. The molecule has 1 N–H and O–H groups in total. The average Bonchev–Trinajstić information content (AvgIpc) is 3.45. The van der Waals surface area contributed by atoms with Gasteiger partial charge in [-0.2, -0.15) is 0 Å². The number of carbonyl (C=O) groups excluding carboxylic acids is 1. The predicted octanol–water partition coefficient (Wildman–Crippen LogP) is 4.96. The molecular weight excluding hydrogens is 464 g/mol. The third-order valence-corrected chi connectivity index (χ3v) is 6.75. The molecule has 0 bridgehead atoms. The second-order valence-corrected chi connectivity index (χ2v) is 9.29. The number of nitrogens with one attached hydrogen (secondary N) is 1. The number of ether oxygens (including phenoxy) is 1. The number of pyridine rings is 1. The Bertz CT molecular complexity index is 1640. The third kappa shape index (κ3) is 4.73. The molecule has 0 aliphatic carbocycles. The van der Waals surface area contributed by atoms with Crippen molar-refractivity contribution >= 4 is 27.7 Å². The number of carbonyl (C=O) groups is 1. The molecule has 1 amide bonds. The van der Waals surface area contributed by atoms with Gasteiger partial charge in [-0.3, -0.25) is 9.59 Å². The summed E-state index contributed by atoms with van der Waals surface area (Å²) in [7, 11) is 0. The molecule has 0 spiro atoms. The lowest BCUT2D eigenvalue weighted by atomic mass is 10.0. The fraction of sp³-hybridized carbons (Fsp3) is 0.200. The summed E-state index contributed by atoms with van der Waals surface area (Å²) >= 11 is 0. The average molecular weight is 491 g/mol. The molecule has 2 aromatic heterocycles. The molecule has 5 aromatic rings. The molecule has 1 atom stereocenters. The van der Waals surface area contributed by atoms with Crippen molar-refractivity contribution in [2.45, 2.75) is 25.5 Å². The molecule has 1 aliphatic heterocycles. The molecule has 184 valence electrons. The fourth-order valence-electron chi connectivity index (χ4n) is 4.92. The highest BCUT2D eigenvalue weighted by Gasteiger charge is 2.26. The molecule has 0 saturated carbocycles. The Morgan fingerprint density at radius 1 is 0.919 bits per heavy atom. The van der Waals surface area contributed by atoms with Gasteiger partial charge in [0.05, 0.1) is 40.3 Å². The first-order valence-electron chi connectivity index (χ1n) is 12.5. The summed E-state index contributed by atoms with van der Waals surface area (Å²) in [6.07, 6.45) is 1.80. The Kier molecular flexibility index (Phi) is 6.20. The van der Waals surface area contributed by atoms with Crippen LogP contribution in [-0.4, -0.2) is 45.0 Å². The maximum absolute atomic E-state index is 14.2. The summed E-state index contributed by atoms with van der Waals surface area (Å²) in [5.41, 5.74) is 3.37. The Morgan fingerprint density at radius 3 is 2.38 bits per heavy atom. The normalized spacial score (nSPS) is 15.3. The molecule has 7 heteroatoms. The summed E-state index contributed by atoms with van der Waals surface area (Å²) in [6, 6.07) is 26.6. The maximum atomic E-state index is 14.2. The van der Waals surface area contributed by atoms with E-state index in [-0.39, 0.29) is 24.1 Å². The van der Waals surface area contributed by atoms with Gasteiger partial charge in [0.15, 0.2) is 0 Å². The van der Waals surface area contributed by atoms with E-state index in [1.54, 1.807) is 11.0 Å². The zero-order valence-corrected chi connectivity index (χ0v) is 20.3. The van der Waals surface area contributed by atoms with Crippen LogP contribution in [0.3, 0.4) is 0 Å². The highest BCUT2D eigenvalue weighted by atomic mass is 16.5. The van der Waals surface area contributed by atoms with Crippen LogP contribution in [0.1, 0.15) is 29.0 Å². The van der Waals surface area contributed by atoms with Gasteiger partial charge in [0.25, 0.3) is 11.5 Å². The zero-order valence-electron chi connectivity index (χ0n) is 20.3. The number of H-pyrrole nitrogens is 1. The summed E-state index contributed by atoms with van der Waals surface area (Å²) in [6.45, 7) is 1.26. The van der Waals surface area contributed by atoms with Crippen LogP contribution >= 0.6 is 0 Å². The molecule has 37 heavy (non-hydrogen) atoms. The standard InChI is InChI=1S/C30H26N4O3/c35-29-23-13-5-7-15-26(23)32-28(33-29)19-34(18-21-11-8-16-37-21)30(36)24-17-27(20-9-2-1-3-10-20)31-25-14-6-4-12-22(24)25/h1-7,9-10,12-15,17,21H,8,11,16,18-19H2,(H,32,33,35). The number of fused-ring (bicyclic) bond motifs is 2. The van der Waals surface area contributed by atoms with Crippen LogP contribution in [-0.2, 0) is 11.3 Å². The number of amides is 1. The van der Waals surface area contributed by atoms with E-state index in [1.807, 2.05) is 78.9 Å². The molecule has 1 unspecified atom stereocenters. The summed E-state index contributed by atoms with van der Waals surface area (Å²) < 4.78 is 5.88. The van der Waals surface area contributed by atoms with Crippen molar-refractivity contribution in [1.82, 2.24) is 19.9 Å². The largest absolute Gasteiger partial charge is 0.376 e. The Hall–Kier alpha value is -4.36. The second kappa shape index (κ2) is 9.95. The Morgan fingerprint density at radius 2 is 1.62 bits per heavy atom. The van der Waals surface area contributed by atoms with Gasteiger partial charge >= 0.3 is 0 Å². The first kappa shape index (κ1) is 23.1. The van der Waals surface area contributed by atoms with E-state index in [2.05, 4.69) is 9.97 Å². The Balaban J connectivity index is 1.43. The van der Waals surface area contributed by atoms with Crippen molar-refractivity contribution in [1.29, 1.82) is 0 Å². The minimum absolute atomic E-state index is 0.0576. The minimum atomic E-state index is -0.217.